The predicted molar refractivity (Wildman–Crippen MR) is 101 cm³/mol. The molecule has 1 amide bonds. The summed E-state index contributed by atoms with van der Waals surface area (Å²) in [5.74, 6) is 0.245. The fraction of sp³-hybridized carbons (Fsp3) is 0.333. The van der Waals surface area contributed by atoms with Gasteiger partial charge in [-0.1, -0.05) is 0 Å². The molecule has 3 aromatic heterocycles. The molecule has 1 aliphatic heterocycles. The van der Waals surface area contributed by atoms with E-state index in [0.29, 0.717) is 35.9 Å². The van der Waals surface area contributed by atoms with Crippen LogP contribution in [0.15, 0.2) is 29.3 Å². The number of carbonyl (C=O) groups excluding carboxylic acids is 1. The molecule has 1 saturated heterocycles. The van der Waals surface area contributed by atoms with Crippen LogP contribution in [0.4, 0.5) is 0 Å². The summed E-state index contributed by atoms with van der Waals surface area (Å²) < 4.78 is 2.90. The summed E-state index contributed by atoms with van der Waals surface area (Å²) in [5.41, 5.74) is 1.40. The fourth-order valence-corrected chi connectivity index (χ4v) is 2.90. The number of piperazine rings is 1. The number of aromatic nitrogens is 5. The smallest absolute Gasteiger partial charge is 0.334 e. The average Bonchev–Trinajstić information content (AvgIpc) is 3.21. The Bertz CT molecular complexity index is 972. The van der Waals surface area contributed by atoms with Crippen LogP contribution in [0.1, 0.15) is 16.1 Å². The van der Waals surface area contributed by atoms with Crippen LogP contribution in [0.3, 0.4) is 0 Å². The molecule has 1 fully saturated rings. The van der Waals surface area contributed by atoms with Gasteiger partial charge >= 0.3 is 5.69 Å². The van der Waals surface area contributed by atoms with Crippen molar-refractivity contribution in [3.63, 3.8) is 0 Å². The van der Waals surface area contributed by atoms with Crippen molar-refractivity contribution in [3.8, 4) is 5.95 Å². The van der Waals surface area contributed by atoms with Crippen LogP contribution in [0.5, 0.6) is 0 Å². The van der Waals surface area contributed by atoms with Gasteiger partial charge in [0.25, 0.3) is 5.91 Å². The fourth-order valence-electron chi connectivity index (χ4n) is 2.90. The summed E-state index contributed by atoms with van der Waals surface area (Å²) in [7, 11) is 0. The topological polar surface area (TPSA) is 100 Å². The lowest BCUT2D eigenvalue weighted by Crippen LogP contribution is -2.46. The van der Waals surface area contributed by atoms with Gasteiger partial charge in [-0.05, 0) is 19.1 Å². The largest absolute Gasteiger partial charge is 0.336 e. The lowest BCUT2D eigenvalue weighted by Gasteiger charge is -2.27. The van der Waals surface area contributed by atoms with Gasteiger partial charge in [-0.2, -0.15) is 10.1 Å². The van der Waals surface area contributed by atoms with E-state index >= 15 is 0 Å². The Morgan fingerprint density at radius 2 is 1.96 bits per heavy atom. The number of amides is 1. The SMILES string of the molecule is Cc1c(C(=O)N2CCNCC2)cnn1-c1nc2cccn2c(=O)[nH]1.Cl.Cl. The zero-order chi connectivity index (χ0) is 16.7. The van der Waals surface area contributed by atoms with E-state index in [9.17, 15) is 9.59 Å². The van der Waals surface area contributed by atoms with E-state index in [4.69, 9.17) is 0 Å². The van der Waals surface area contributed by atoms with Crippen molar-refractivity contribution in [2.24, 2.45) is 0 Å². The van der Waals surface area contributed by atoms with Gasteiger partial charge in [0, 0.05) is 32.4 Å². The van der Waals surface area contributed by atoms with Gasteiger partial charge in [-0.25, -0.2) is 9.48 Å². The van der Waals surface area contributed by atoms with Gasteiger partial charge in [0.2, 0.25) is 5.95 Å². The third-order valence-electron chi connectivity index (χ3n) is 4.23. The molecule has 9 nitrogen and oxygen atoms in total. The number of hydrogen-bond donors (Lipinski definition) is 2. The standard InChI is InChI=1S/C15H17N7O2.2ClH/c1-10-11(13(23)20-7-4-16-5-8-20)9-17-22(10)14-18-12-3-2-6-21(12)15(24)19-14;;/h2-3,6,9,16H,4-5,7-8H2,1H3,(H,18,19,24);2*1H. The maximum Gasteiger partial charge on any atom is 0.334 e. The normalized spacial score (nSPS) is 14.0. The van der Waals surface area contributed by atoms with Crippen LogP contribution in [-0.2, 0) is 0 Å². The molecule has 0 aliphatic carbocycles. The van der Waals surface area contributed by atoms with E-state index in [1.54, 1.807) is 30.2 Å². The number of aromatic amines is 1. The quantitative estimate of drug-likeness (QED) is 0.649. The molecule has 3 aromatic rings. The Labute approximate surface area is 161 Å². The zero-order valence-electron chi connectivity index (χ0n) is 14.0. The minimum Gasteiger partial charge on any atom is -0.336 e. The van der Waals surface area contributed by atoms with Crippen molar-refractivity contribution < 1.29 is 4.79 Å². The molecular formula is C15H19Cl2N7O2. The first kappa shape index (κ1) is 20.0. The Hall–Kier alpha value is -2.36. The van der Waals surface area contributed by atoms with E-state index in [0.717, 1.165) is 13.1 Å². The van der Waals surface area contributed by atoms with E-state index in [-0.39, 0.29) is 36.4 Å². The molecule has 0 aromatic carbocycles. The average molecular weight is 400 g/mol. The summed E-state index contributed by atoms with van der Waals surface area (Å²) >= 11 is 0. The second kappa shape index (κ2) is 7.90. The monoisotopic (exact) mass is 399 g/mol. The van der Waals surface area contributed by atoms with Crippen molar-refractivity contribution >= 4 is 36.4 Å². The van der Waals surface area contributed by atoms with Crippen LogP contribution in [0.2, 0.25) is 0 Å². The third kappa shape index (κ3) is 3.33. The summed E-state index contributed by atoms with van der Waals surface area (Å²) in [4.78, 5) is 33.6. The van der Waals surface area contributed by atoms with Crippen molar-refractivity contribution in [3.05, 3.63) is 46.3 Å². The number of H-pyrrole nitrogens is 1. The lowest BCUT2D eigenvalue weighted by molar-refractivity contribution is 0.0735. The maximum absolute atomic E-state index is 12.7. The van der Waals surface area contributed by atoms with Gasteiger partial charge in [0.05, 0.1) is 17.5 Å². The first-order valence-corrected chi connectivity index (χ1v) is 7.77. The van der Waals surface area contributed by atoms with E-state index in [2.05, 4.69) is 20.4 Å². The lowest BCUT2D eigenvalue weighted by atomic mass is 10.2. The molecule has 4 heterocycles. The molecule has 1 aliphatic rings. The van der Waals surface area contributed by atoms with Crippen LogP contribution in [0.25, 0.3) is 11.6 Å². The molecule has 0 spiro atoms. The molecule has 0 radical (unpaired) electrons. The third-order valence-corrected chi connectivity index (χ3v) is 4.23. The van der Waals surface area contributed by atoms with Crippen LogP contribution >= 0.6 is 24.8 Å². The van der Waals surface area contributed by atoms with Gasteiger partial charge in [0.1, 0.15) is 5.65 Å². The second-order valence-electron chi connectivity index (χ2n) is 5.70. The number of rotatable bonds is 2. The summed E-state index contributed by atoms with van der Waals surface area (Å²) in [6, 6.07) is 3.49. The van der Waals surface area contributed by atoms with Crippen LogP contribution in [0, 0.1) is 6.92 Å². The van der Waals surface area contributed by atoms with E-state index in [1.807, 2.05) is 0 Å². The molecule has 26 heavy (non-hydrogen) atoms. The molecule has 11 heteroatoms. The Morgan fingerprint density at radius 1 is 1.23 bits per heavy atom. The first-order valence-electron chi connectivity index (χ1n) is 7.77. The van der Waals surface area contributed by atoms with Crippen LogP contribution in [-0.4, -0.2) is 61.1 Å². The van der Waals surface area contributed by atoms with Gasteiger partial charge in [-0.15, -0.1) is 24.8 Å². The molecule has 4 rings (SSSR count). The van der Waals surface area contributed by atoms with Crippen molar-refractivity contribution in [1.29, 1.82) is 0 Å². The van der Waals surface area contributed by atoms with Gasteiger partial charge < -0.3 is 10.2 Å². The highest BCUT2D eigenvalue weighted by atomic mass is 35.5. The molecular weight excluding hydrogens is 381 g/mol. The minimum atomic E-state index is -0.301. The molecule has 0 saturated carbocycles. The molecule has 2 N–H and O–H groups in total. The number of halogens is 2. The summed E-state index contributed by atoms with van der Waals surface area (Å²) in [6.07, 6.45) is 3.17. The molecule has 0 bridgehead atoms. The maximum atomic E-state index is 12.7. The van der Waals surface area contributed by atoms with Crippen LogP contribution < -0.4 is 11.0 Å². The van der Waals surface area contributed by atoms with E-state index in [1.165, 1.54) is 15.3 Å². The number of fused-ring (bicyclic) bond motifs is 1. The Kier molecular flexibility index (Phi) is 6.06. The molecule has 140 valence electrons. The number of hydrogen-bond acceptors (Lipinski definition) is 5. The van der Waals surface area contributed by atoms with Crippen molar-refractivity contribution in [2.75, 3.05) is 26.2 Å². The summed E-state index contributed by atoms with van der Waals surface area (Å²) in [5, 5.41) is 7.47. The Balaban J connectivity index is 0.00000121. The second-order valence-corrected chi connectivity index (χ2v) is 5.70. The summed E-state index contributed by atoms with van der Waals surface area (Å²) in [6.45, 7) is 4.73. The van der Waals surface area contributed by atoms with Crippen molar-refractivity contribution in [1.82, 2.24) is 34.4 Å². The molecule has 0 unspecified atom stereocenters. The predicted octanol–water partition coefficient (Wildman–Crippen LogP) is 0.406. The number of carbonyl (C=O) groups is 1. The van der Waals surface area contributed by atoms with E-state index < -0.39 is 0 Å². The number of nitrogens with zero attached hydrogens (tertiary/aromatic N) is 5. The zero-order valence-corrected chi connectivity index (χ0v) is 15.6. The van der Waals surface area contributed by atoms with Gasteiger partial charge in [-0.3, -0.25) is 14.2 Å². The Morgan fingerprint density at radius 3 is 2.69 bits per heavy atom. The highest BCUT2D eigenvalue weighted by Gasteiger charge is 2.23. The highest BCUT2D eigenvalue weighted by molar-refractivity contribution is 5.95. The highest BCUT2D eigenvalue weighted by Crippen LogP contribution is 2.14. The van der Waals surface area contributed by atoms with Gasteiger partial charge in [0.15, 0.2) is 0 Å². The first-order chi connectivity index (χ1) is 11.6. The minimum absolute atomic E-state index is 0. The molecule has 0 atom stereocenters. The van der Waals surface area contributed by atoms with Crippen molar-refractivity contribution in [2.45, 2.75) is 6.92 Å². The number of nitrogens with one attached hydrogen (secondary N) is 2.